The monoisotopic (exact) mass is 195 g/mol. The summed E-state index contributed by atoms with van der Waals surface area (Å²) >= 11 is 4.44. The van der Waals surface area contributed by atoms with Gasteiger partial charge in [0.25, 0.3) is 0 Å². The molecule has 0 bridgehead atoms. The highest BCUT2D eigenvalue weighted by atomic mass is 32.1. The minimum atomic E-state index is -0.459. The summed E-state index contributed by atoms with van der Waals surface area (Å²) in [6.45, 7) is 0. The van der Waals surface area contributed by atoms with Crippen LogP contribution in [0.4, 0.5) is 0 Å². The predicted molar refractivity (Wildman–Crippen MR) is 51.5 cm³/mol. The molecule has 0 fully saturated rings. The van der Waals surface area contributed by atoms with Crippen LogP contribution in [0.2, 0.25) is 0 Å². The van der Waals surface area contributed by atoms with Gasteiger partial charge in [-0.3, -0.25) is 0 Å². The smallest absolute Gasteiger partial charge is 0.145 e. The Morgan fingerprint density at radius 3 is 2.54 bits per heavy atom. The third-order valence-electron chi connectivity index (χ3n) is 1.67. The van der Waals surface area contributed by atoms with E-state index in [9.17, 15) is 4.79 Å². The number of aromatic hydroxyl groups is 1. The molecule has 1 aromatic rings. The van der Waals surface area contributed by atoms with Gasteiger partial charge in [-0.25, -0.2) is 4.36 Å². The fourth-order valence-electron chi connectivity index (χ4n) is 0.984. The molecule has 0 saturated carbocycles. The van der Waals surface area contributed by atoms with Crippen LogP contribution in [-0.4, -0.2) is 17.4 Å². The second-order valence-electron chi connectivity index (χ2n) is 2.68. The Kier molecular flexibility index (Phi) is 3.52. The molecule has 0 unspecified atom stereocenters. The number of hydrogen-bond acceptors (Lipinski definition) is 4. The van der Waals surface area contributed by atoms with Crippen molar-refractivity contribution in [3.8, 4) is 5.75 Å². The topological polar surface area (TPSA) is 49.7 Å². The van der Waals surface area contributed by atoms with Crippen LogP contribution >= 0.6 is 0 Å². The SMILES string of the molecule is O=C[C@H](Cc1ccc(O)cc1)N=S. The Balaban J connectivity index is 2.68. The van der Waals surface area contributed by atoms with Gasteiger partial charge in [0.15, 0.2) is 0 Å². The van der Waals surface area contributed by atoms with Crippen molar-refractivity contribution in [3.05, 3.63) is 29.8 Å². The third-order valence-corrected chi connectivity index (χ3v) is 1.94. The molecule has 0 aliphatic carbocycles. The minimum absolute atomic E-state index is 0.210. The molecule has 0 aromatic heterocycles. The number of nitrogens with zero attached hydrogens (tertiary/aromatic N) is 1. The van der Waals surface area contributed by atoms with Crippen molar-refractivity contribution in [2.24, 2.45) is 4.36 Å². The first-order chi connectivity index (χ1) is 6.26. The average Bonchev–Trinajstić information content (AvgIpc) is 2.17. The Morgan fingerprint density at radius 2 is 2.08 bits per heavy atom. The van der Waals surface area contributed by atoms with Gasteiger partial charge in [0.2, 0.25) is 0 Å². The Bertz CT molecular complexity index is 289. The van der Waals surface area contributed by atoms with E-state index < -0.39 is 6.04 Å². The molecule has 1 aromatic carbocycles. The van der Waals surface area contributed by atoms with E-state index >= 15 is 0 Å². The second kappa shape index (κ2) is 4.67. The molecule has 13 heavy (non-hydrogen) atoms. The van der Waals surface area contributed by atoms with Crippen LogP contribution in [0.25, 0.3) is 0 Å². The van der Waals surface area contributed by atoms with E-state index in [1.807, 2.05) is 0 Å². The summed E-state index contributed by atoms with van der Waals surface area (Å²) in [6.07, 6.45) is 1.22. The summed E-state index contributed by atoms with van der Waals surface area (Å²) in [5.41, 5.74) is 0.934. The quantitative estimate of drug-likeness (QED) is 0.735. The zero-order valence-corrected chi connectivity index (χ0v) is 7.70. The molecule has 1 N–H and O–H groups in total. The summed E-state index contributed by atoms with van der Waals surface area (Å²) < 4.78 is 3.48. The molecule has 4 heteroatoms. The molecule has 0 aliphatic heterocycles. The van der Waals surface area contributed by atoms with Gasteiger partial charge < -0.3 is 9.90 Å². The maximum Gasteiger partial charge on any atom is 0.145 e. The van der Waals surface area contributed by atoms with Gasteiger partial charge in [0, 0.05) is 18.8 Å². The molecule has 0 saturated heterocycles. The van der Waals surface area contributed by atoms with Crippen LogP contribution in [0.3, 0.4) is 0 Å². The maximum absolute atomic E-state index is 10.4. The number of hydrogen-bond donors (Lipinski definition) is 1. The first-order valence-electron chi connectivity index (χ1n) is 3.82. The van der Waals surface area contributed by atoms with E-state index in [1.165, 1.54) is 0 Å². The van der Waals surface area contributed by atoms with Crippen molar-refractivity contribution < 1.29 is 9.90 Å². The highest BCUT2D eigenvalue weighted by molar-refractivity contribution is 7.47. The fraction of sp³-hybridized carbons (Fsp3) is 0.222. The zero-order valence-electron chi connectivity index (χ0n) is 6.88. The maximum atomic E-state index is 10.4. The van der Waals surface area contributed by atoms with Crippen molar-refractivity contribution in [1.82, 2.24) is 0 Å². The van der Waals surface area contributed by atoms with E-state index in [0.717, 1.165) is 11.8 Å². The molecular weight excluding hydrogens is 186 g/mol. The first kappa shape index (κ1) is 9.80. The van der Waals surface area contributed by atoms with Crippen LogP contribution in [0.5, 0.6) is 5.75 Å². The lowest BCUT2D eigenvalue weighted by molar-refractivity contribution is -0.108. The van der Waals surface area contributed by atoms with Crippen LogP contribution < -0.4 is 0 Å². The number of rotatable bonds is 4. The van der Waals surface area contributed by atoms with Crippen LogP contribution in [0, 0.1) is 0 Å². The van der Waals surface area contributed by atoms with Gasteiger partial charge >= 0.3 is 0 Å². The molecular formula is C9H9NO2S. The Morgan fingerprint density at radius 1 is 1.46 bits per heavy atom. The van der Waals surface area contributed by atoms with Crippen molar-refractivity contribution in [3.63, 3.8) is 0 Å². The van der Waals surface area contributed by atoms with E-state index in [0.29, 0.717) is 6.42 Å². The standard InChI is InChI=1S/C9H9NO2S/c11-6-8(10-13)5-7-1-3-9(12)4-2-7/h1-4,6,8,12H,5H2/t8-/m0/s1. The fourth-order valence-corrected chi connectivity index (χ4v) is 1.11. The summed E-state index contributed by atoms with van der Waals surface area (Å²) in [7, 11) is 0. The molecule has 0 amide bonds. The number of carbonyl (C=O) groups is 1. The second-order valence-corrected chi connectivity index (χ2v) is 2.89. The van der Waals surface area contributed by atoms with Crippen LogP contribution in [0.1, 0.15) is 5.56 Å². The molecule has 0 aliphatic rings. The lowest BCUT2D eigenvalue weighted by Gasteiger charge is -2.02. The van der Waals surface area contributed by atoms with Crippen LogP contribution in [0.15, 0.2) is 28.6 Å². The molecule has 1 rings (SSSR count). The van der Waals surface area contributed by atoms with Gasteiger partial charge in [-0.2, -0.15) is 0 Å². The highest BCUT2D eigenvalue weighted by Gasteiger charge is 2.05. The summed E-state index contributed by atoms with van der Waals surface area (Å²) in [5, 5.41) is 8.99. The molecule has 0 heterocycles. The Hall–Kier alpha value is -1.29. The predicted octanol–water partition coefficient (Wildman–Crippen LogP) is 1.23. The average molecular weight is 195 g/mol. The summed E-state index contributed by atoms with van der Waals surface area (Å²) in [6, 6.07) is 6.17. The van der Waals surface area contributed by atoms with Crippen molar-refractivity contribution >= 4 is 18.7 Å². The van der Waals surface area contributed by atoms with E-state index in [-0.39, 0.29) is 5.75 Å². The lowest BCUT2D eigenvalue weighted by Crippen LogP contribution is -2.08. The first-order valence-corrected chi connectivity index (χ1v) is 4.18. The van der Waals surface area contributed by atoms with E-state index in [4.69, 9.17) is 5.11 Å². The van der Waals surface area contributed by atoms with Crippen molar-refractivity contribution in [2.45, 2.75) is 12.5 Å². The minimum Gasteiger partial charge on any atom is -0.508 e. The van der Waals surface area contributed by atoms with Crippen LogP contribution in [-0.2, 0) is 23.6 Å². The van der Waals surface area contributed by atoms with Gasteiger partial charge in [-0.1, -0.05) is 12.1 Å². The molecule has 0 radical (unpaired) electrons. The lowest BCUT2D eigenvalue weighted by atomic mass is 10.1. The molecule has 68 valence electrons. The summed E-state index contributed by atoms with van der Waals surface area (Å²) in [4.78, 5) is 10.4. The number of phenolic OH excluding ortho intramolecular Hbond substituents is 1. The number of carbonyl (C=O) groups excluding carboxylic acids is 1. The third kappa shape index (κ3) is 2.91. The zero-order chi connectivity index (χ0) is 9.68. The van der Waals surface area contributed by atoms with Gasteiger partial charge in [0.05, 0.1) is 0 Å². The Labute approximate surface area is 81.6 Å². The van der Waals surface area contributed by atoms with Crippen molar-refractivity contribution in [2.75, 3.05) is 0 Å². The highest BCUT2D eigenvalue weighted by Crippen LogP contribution is 2.11. The molecule has 1 atom stereocenters. The van der Waals surface area contributed by atoms with E-state index in [2.05, 4.69) is 16.8 Å². The van der Waals surface area contributed by atoms with Crippen molar-refractivity contribution in [1.29, 1.82) is 0 Å². The summed E-state index contributed by atoms with van der Waals surface area (Å²) in [5.74, 6) is 0.210. The van der Waals surface area contributed by atoms with Gasteiger partial charge in [-0.15, -0.1) is 0 Å². The number of benzene rings is 1. The largest absolute Gasteiger partial charge is 0.508 e. The normalized spacial score (nSPS) is 12.0. The molecule has 0 spiro atoms. The molecule has 3 nitrogen and oxygen atoms in total. The number of aldehydes is 1. The number of phenols is 1. The van der Waals surface area contributed by atoms with E-state index in [1.54, 1.807) is 24.3 Å². The van der Waals surface area contributed by atoms with Gasteiger partial charge in [-0.05, 0) is 17.7 Å². The van der Waals surface area contributed by atoms with Gasteiger partial charge in [0.1, 0.15) is 18.1 Å².